The number of carbonyl (C=O) groups is 1. The fraction of sp³-hybridized carbons (Fsp3) is 0.304. The van der Waals surface area contributed by atoms with Gasteiger partial charge in [-0.3, -0.25) is 9.78 Å². The number of aromatic nitrogens is 1. The van der Waals surface area contributed by atoms with E-state index in [0.717, 1.165) is 41.1 Å². The Morgan fingerprint density at radius 1 is 1.00 bits per heavy atom. The molecule has 0 saturated carbocycles. The van der Waals surface area contributed by atoms with Crippen molar-refractivity contribution in [1.82, 2.24) is 9.88 Å². The minimum absolute atomic E-state index is 0.0630. The number of anilines is 1. The molecule has 5 heteroatoms. The monoisotopic (exact) mass is 375 g/mol. The first-order valence-corrected chi connectivity index (χ1v) is 9.62. The molecule has 0 bridgehead atoms. The highest BCUT2D eigenvalue weighted by molar-refractivity contribution is 5.98. The molecule has 0 unspecified atom stereocenters. The zero-order chi connectivity index (χ0) is 19.7. The molecule has 1 aromatic heterocycles. The summed E-state index contributed by atoms with van der Waals surface area (Å²) in [5, 5.41) is 1.02. The quantitative estimate of drug-likeness (QED) is 0.698. The van der Waals surface area contributed by atoms with E-state index in [2.05, 4.69) is 28.9 Å². The van der Waals surface area contributed by atoms with Crippen molar-refractivity contribution in [3.8, 4) is 5.75 Å². The minimum atomic E-state index is 0.0630. The highest BCUT2D eigenvalue weighted by Gasteiger charge is 2.25. The molecule has 2 aromatic carbocycles. The number of hydrogen-bond acceptors (Lipinski definition) is 4. The molecule has 3 aromatic rings. The van der Waals surface area contributed by atoms with E-state index in [1.807, 2.05) is 48.2 Å². The van der Waals surface area contributed by atoms with Gasteiger partial charge in [-0.15, -0.1) is 0 Å². The molecule has 0 N–H and O–H groups in total. The second kappa shape index (κ2) is 7.50. The molecule has 144 valence electrons. The normalized spacial score (nSPS) is 14.4. The molecule has 0 aliphatic carbocycles. The van der Waals surface area contributed by atoms with Crippen LogP contribution in [0.15, 0.2) is 48.5 Å². The van der Waals surface area contributed by atoms with Crippen LogP contribution in [0.3, 0.4) is 0 Å². The van der Waals surface area contributed by atoms with E-state index in [4.69, 9.17) is 4.74 Å². The number of amides is 1. The number of aryl methyl sites for hydroxylation is 2. The summed E-state index contributed by atoms with van der Waals surface area (Å²) < 4.78 is 5.48. The number of ether oxygens (including phenoxy) is 1. The van der Waals surface area contributed by atoms with Crippen LogP contribution in [0.25, 0.3) is 10.9 Å². The number of fused-ring (bicyclic) bond motifs is 1. The average Bonchev–Trinajstić information content (AvgIpc) is 2.73. The number of rotatable bonds is 3. The standard InChI is InChI=1S/C23H25N3O2/c1-16-8-9-20-18(14-16)15-19(17(2)24-20)23(27)26-12-10-25(11-13-26)21-6-4-5-7-22(21)28-3/h4-9,14-15H,10-13H2,1-3H3. The van der Waals surface area contributed by atoms with E-state index < -0.39 is 0 Å². The second-order valence-corrected chi connectivity index (χ2v) is 7.27. The molecule has 1 fully saturated rings. The molecule has 0 atom stereocenters. The molecule has 2 heterocycles. The van der Waals surface area contributed by atoms with Gasteiger partial charge in [0, 0.05) is 31.6 Å². The Morgan fingerprint density at radius 3 is 2.50 bits per heavy atom. The highest BCUT2D eigenvalue weighted by Crippen LogP contribution is 2.28. The highest BCUT2D eigenvalue weighted by atomic mass is 16.5. The first-order chi connectivity index (χ1) is 13.6. The van der Waals surface area contributed by atoms with Gasteiger partial charge in [0.15, 0.2) is 0 Å². The lowest BCUT2D eigenvalue weighted by atomic mass is 10.1. The molecule has 1 saturated heterocycles. The summed E-state index contributed by atoms with van der Waals surface area (Å²) in [6, 6.07) is 16.2. The molecule has 1 amide bonds. The molecule has 28 heavy (non-hydrogen) atoms. The largest absolute Gasteiger partial charge is 0.495 e. The van der Waals surface area contributed by atoms with E-state index in [1.54, 1.807) is 7.11 Å². The predicted molar refractivity (Wildman–Crippen MR) is 112 cm³/mol. The van der Waals surface area contributed by atoms with Crippen molar-refractivity contribution in [3.05, 3.63) is 65.4 Å². The third-order valence-electron chi connectivity index (χ3n) is 5.38. The Labute approximate surface area is 165 Å². The number of benzene rings is 2. The van der Waals surface area contributed by atoms with Crippen molar-refractivity contribution in [2.24, 2.45) is 0 Å². The van der Waals surface area contributed by atoms with Crippen LogP contribution in [0.2, 0.25) is 0 Å². The van der Waals surface area contributed by atoms with Gasteiger partial charge in [-0.2, -0.15) is 0 Å². The van der Waals surface area contributed by atoms with Gasteiger partial charge < -0.3 is 14.5 Å². The van der Waals surface area contributed by atoms with E-state index in [-0.39, 0.29) is 5.91 Å². The first kappa shape index (κ1) is 18.3. The number of methoxy groups -OCH3 is 1. The van der Waals surface area contributed by atoms with E-state index in [9.17, 15) is 4.79 Å². The maximum Gasteiger partial charge on any atom is 0.255 e. The van der Waals surface area contributed by atoms with Crippen molar-refractivity contribution in [1.29, 1.82) is 0 Å². The fourth-order valence-corrected chi connectivity index (χ4v) is 3.82. The van der Waals surface area contributed by atoms with Gasteiger partial charge >= 0.3 is 0 Å². The zero-order valence-corrected chi connectivity index (χ0v) is 16.6. The third-order valence-corrected chi connectivity index (χ3v) is 5.38. The number of nitrogens with zero attached hydrogens (tertiary/aromatic N) is 3. The average molecular weight is 375 g/mol. The molecule has 4 rings (SSSR count). The van der Waals surface area contributed by atoms with Crippen LogP contribution in [0.1, 0.15) is 21.6 Å². The lowest BCUT2D eigenvalue weighted by Crippen LogP contribution is -2.49. The van der Waals surface area contributed by atoms with Gasteiger partial charge in [0.05, 0.1) is 29.6 Å². The van der Waals surface area contributed by atoms with Crippen molar-refractivity contribution in [2.75, 3.05) is 38.2 Å². The van der Waals surface area contributed by atoms with Gasteiger partial charge in [0.25, 0.3) is 5.91 Å². The maximum atomic E-state index is 13.2. The van der Waals surface area contributed by atoms with E-state index >= 15 is 0 Å². The van der Waals surface area contributed by atoms with Crippen molar-refractivity contribution in [3.63, 3.8) is 0 Å². The summed E-state index contributed by atoms with van der Waals surface area (Å²) in [4.78, 5) is 22.0. The van der Waals surface area contributed by atoms with Crippen molar-refractivity contribution < 1.29 is 9.53 Å². The molecular formula is C23H25N3O2. The van der Waals surface area contributed by atoms with Crippen LogP contribution in [0, 0.1) is 13.8 Å². The Balaban J connectivity index is 1.53. The van der Waals surface area contributed by atoms with Crippen LogP contribution in [-0.4, -0.2) is 49.1 Å². The summed E-state index contributed by atoms with van der Waals surface area (Å²) in [6.07, 6.45) is 0. The summed E-state index contributed by atoms with van der Waals surface area (Å²) in [7, 11) is 1.69. The SMILES string of the molecule is COc1ccccc1N1CCN(C(=O)c2cc3cc(C)ccc3nc2C)CC1. The summed E-state index contributed by atoms with van der Waals surface area (Å²) in [5.74, 6) is 0.931. The number of pyridine rings is 1. The Kier molecular flexibility index (Phi) is 4.90. The summed E-state index contributed by atoms with van der Waals surface area (Å²) >= 11 is 0. The Morgan fingerprint density at radius 2 is 1.75 bits per heavy atom. The number of hydrogen-bond donors (Lipinski definition) is 0. The van der Waals surface area contributed by atoms with Gasteiger partial charge in [0.2, 0.25) is 0 Å². The van der Waals surface area contributed by atoms with Crippen LogP contribution < -0.4 is 9.64 Å². The van der Waals surface area contributed by atoms with Crippen LogP contribution in [-0.2, 0) is 0 Å². The van der Waals surface area contributed by atoms with E-state index in [0.29, 0.717) is 18.7 Å². The molecule has 0 spiro atoms. The van der Waals surface area contributed by atoms with Crippen molar-refractivity contribution in [2.45, 2.75) is 13.8 Å². The summed E-state index contributed by atoms with van der Waals surface area (Å²) in [5.41, 5.74) is 4.66. The Hall–Kier alpha value is -3.08. The van der Waals surface area contributed by atoms with Gasteiger partial charge in [-0.1, -0.05) is 23.8 Å². The fourth-order valence-electron chi connectivity index (χ4n) is 3.82. The van der Waals surface area contributed by atoms with Crippen LogP contribution >= 0.6 is 0 Å². The van der Waals surface area contributed by atoms with Crippen LogP contribution in [0.5, 0.6) is 5.75 Å². The van der Waals surface area contributed by atoms with Gasteiger partial charge in [0.1, 0.15) is 5.75 Å². The van der Waals surface area contributed by atoms with E-state index in [1.165, 1.54) is 5.56 Å². The number of para-hydroxylation sites is 2. The van der Waals surface area contributed by atoms with Gasteiger partial charge in [-0.05, 0) is 44.2 Å². The van der Waals surface area contributed by atoms with Crippen LogP contribution in [0.4, 0.5) is 5.69 Å². The maximum absolute atomic E-state index is 13.2. The second-order valence-electron chi connectivity index (χ2n) is 7.27. The lowest BCUT2D eigenvalue weighted by molar-refractivity contribution is 0.0745. The molecule has 1 aliphatic heterocycles. The third kappa shape index (κ3) is 3.40. The van der Waals surface area contributed by atoms with Crippen molar-refractivity contribution >= 4 is 22.5 Å². The smallest absolute Gasteiger partial charge is 0.255 e. The number of carbonyl (C=O) groups excluding carboxylic acids is 1. The topological polar surface area (TPSA) is 45.7 Å². The molecule has 5 nitrogen and oxygen atoms in total. The number of piperazine rings is 1. The first-order valence-electron chi connectivity index (χ1n) is 9.62. The zero-order valence-electron chi connectivity index (χ0n) is 16.6. The molecular weight excluding hydrogens is 350 g/mol. The Bertz CT molecular complexity index is 1020. The van der Waals surface area contributed by atoms with Gasteiger partial charge in [-0.25, -0.2) is 0 Å². The minimum Gasteiger partial charge on any atom is -0.495 e. The molecule has 1 aliphatic rings. The summed E-state index contributed by atoms with van der Waals surface area (Å²) in [6.45, 7) is 6.90. The predicted octanol–water partition coefficient (Wildman–Crippen LogP) is 3.82. The lowest BCUT2D eigenvalue weighted by Gasteiger charge is -2.36. The molecule has 0 radical (unpaired) electrons.